The fraction of sp³-hybridized carbons (Fsp3) is 0.600. The van der Waals surface area contributed by atoms with Crippen LogP contribution in [0.25, 0.3) is 0 Å². The highest BCUT2D eigenvalue weighted by atomic mass is 19.4. The Hall–Kier alpha value is -1.87. The Morgan fingerprint density at radius 3 is 2.58 bits per heavy atom. The number of benzene rings is 1. The first-order chi connectivity index (χ1) is 11.1. The fourth-order valence-electron chi connectivity index (χ4n) is 3.05. The number of hydrogen-bond donors (Lipinski definition) is 1. The van der Waals surface area contributed by atoms with E-state index in [4.69, 9.17) is 0 Å². The van der Waals surface area contributed by atoms with Gasteiger partial charge in [-0.15, -0.1) is 0 Å². The summed E-state index contributed by atoms with van der Waals surface area (Å²) in [6, 6.07) is 3.04. The molecule has 0 spiro atoms. The fourth-order valence-corrected chi connectivity index (χ4v) is 3.05. The second-order valence-electron chi connectivity index (χ2n) is 6.11. The Balaban J connectivity index is 2.25. The SMILES string of the molecule is CC(O)CN1CCN(c2ccc([N+](=O)[O-])c(C(F)(F)F)c2)C(C)C1. The maximum atomic E-state index is 13.1. The number of anilines is 1. The standard InChI is InChI=1S/C15H20F3N3O3/c1-10-8-19(9-11(2)22)5-6-20(10)12-3-4-14(21(23)24)13(7-12)15(16,17)18/h3-4,7,10-11,22H,5-6,8-9H2,1-2H3. The molecule has 2 rings (SSSR count). The number of nitrogens with zero attached hydrogens (tertiary/aromatic N) is 3. The van der Waals surface area contributed by atoms with Crippen LogP contribution in [0.1, 0.15) is 19.4 Å². The van der Waals surface area contributed by atoms with Gasteiger partial charge in [0.25, 0.3) is 5.69 Å². The average molecular weight is 347 g/mol. The van der Waals surface area contributed by atoms with Gasteiger partial charge in [0, 0.05) is 44.0 Å². The van der Waals surface area contributed by atoms with Gasteiger partial charge < -0.3 is 10.0 Å². The van der Waals surface area contributed by atoms with Crippen LogP contribution in [0.3, 0.4) is 0 Å². The summed E-state index contributed by atoms with van der Waals surface area (Å²) in [5.74, 6) is 0. The molecule has 2 unspecified atom stereocenters. The lowest BCUT2D eigenvalue weighted by Crippen LogP contribution is -2.53. The van der Waals surface area contributed by atoms with Crippen LogP contribution in [0.15, 0.2) is 18.2 Å². The van der Waals surface area contributed by atoms with E-state index in [0.717, 1.165) is 12.1 Å². The number of halogens is 3. The van der Waals surface area contributed by atoms with E-state index in [1.165, 1.54) is 6.07 Å². The van der Waals surface area contributed by atoms with Crippen molar-refractivity contribution >= 4 is 11.4 Å². The van der Waals surface area contributed by atoms with Crippen LogP contribution in [0, 0.1) is 10.1 Å². The summed E-state index contributed by atoms with van der Waals surface area (Å²) in [7, 11) is 0. The Morgan fingerprint density at radius 2 is 2.08 bits per heavy atom. The van der Waals surface area contributed by atoms with Gasteiger partial charge in [0.2, 0.25) is 0 Å². The van der Waals surface area contributed by atoms with Gasteiger partial charge in [0.05, 0.1) is 11.0 Å². The van der Waals surface area contributed by atoms with Crippen molar-refractivity contribution < 1.29 is 23.2 Å². The minimum absolute atomic E-state index is 0.0694. The zero-order chi connectivity index (χ0) is 18.1. The van der Waals surface area contributed by atoms with Crippen molar-refractivity contribution in [3.63, 3.8) is 0 Å². The van der Waals surface area contributed by atoms with Crippen LogP contribution in [0.2, 0.25) is 0 Å². The lowest BCUT2D eigenvalue weighted by atomic mass is 10.1. The van der Waals surface area contributed by atoms with E-state index in [2.05, 4.69) is 0 Å². The van der Waals surface area contributed by atoms with Crippen LogP contribution < -0.4 is 4.90 Å². The summed E-state index contributed by atoms with van der Waals surface area (Å²) < 4.78 is 39.3. The number of rotatable bonds is 4. The van der Waals surface area contributed by atoms with E-state index in [-0.39, 0.29) is 6.04 Å². The predicted molar refractivity (Wildman–Crippen MR) is 83.0 cm³/mol. The smallest absolute Gasteiger partial charge is 0.392 e. The van der Waals surface area contributed by atoms with Gasteiger partial charge in [0.1, 0.15) is 5.56 Å². The number of aliphatic hydroxyl groups excluding tert-OH is 1. The summed E-state index contributed by atoms with van der Waals surface area (Å²) >= 11 is 0. The Kier molecular flexibility index (Phi) is 5.34. The highest BCUT2D eigenvalue weighted by molar-refractivity contribution is 5.57. The van der Waals surface area contributed by atoms with Crippen LogP contribution in [-0.4, -0.2) is 53.3 Å². The molecule has 2 atom stereocenters. The lowest BCUT2D eigenvalue weighted by Gasteiger charge is -2.41. The summed E-state index contributed by atoms with van der Waals surface area (Å²) in [4.78, 5) is 13.7. The van der Waals surface area contributed by atoms with Crippen LogP contribution in [-0.2, 0) is 6.18 Å². The van der Waals surface area contributed by atoms with E-state index in [0.29, 0.717) is 31.9 Å². The first-order valence-corrected chi connectivity index (χ1v) is 7.62. The first kappa shape index (κ1) is 18.5. The molecule has 0 saturated carbocycles. The van der Waals surface area contributed by atoms with Crippen LogP contribution in [0.5, 0.6) is 0 Å². The molecule has 0 aromatic heterocycles. The predicted octanol–water partition coefficient (Wildman–Crippen LogP) is 2.50. The number of aliphatic hydroxyl groups is 1. The largest absolute Gasteiger partial charge is 0.423 e. The zero-order valence-corrected chi connectivity index (χ0v) is 13.5. The van der Waals surface area contributed by atoms with Crippen molar-refractivity contribution in [2.45, 2.75) is 32.2 Å². The third kappa shape index (κ3) is 4.15. The van der Waals surface area contributed by atoms with E-state index >= 15 is 0 Å². The summed E-state index contributed by atoms with van der Waals surface area (Å²) in [5.41, 5.74) is -1.85. The number of β-amino-alcohol motifs (C(OH)–C–C–N with tert-alkyl or cyclic N) is 1. The molecular weight excluding hydrogens is 327 g/mol. The van der Waals surface area contributed by atoms with Gasteiger partial charge in [-0.25, -0.2) is 0 Å². The number of hydrogen-bond acceptors (Lipinski definition) is 5. The summed E-state index contributed by atoms with van der Waals surface area (Å²) in [6.45, 7) is 5.76. The maximum Gasteiger partial charge on any atom is 0.423 e. The van der Waals surface area contributed by atoms with E-state index in [9.17, 15) is 28.4 Å². The molecule has 1 N–H and O–H groups in total. The van der Waals surface area contributed by atoms with Gasteiger partial charge in [-0.05, 0) is 26.0 Å². The van der Waals surface area contributed by atoms with Gasteiger partial charge >= 0.3 is 6.18 Å². The third-order valence-electron chi connectivity index (χ3n) is 4.05. The van der Waals surface area contributed by atoms with E-state index < -0.39 is 28.5 Å². The highest BCUT2D eigenvalue weighted by Gasteiger charge is 2.39. The second-order valence-corrected chi connectivity index (χ2v) is 6.11. The Bertz CT molecular complexity index is 607. The molecule has 9 heteroatoms. The molecule has 0 radical (unpaired) electrons. The summed E-state index contributed by atoms with van der Waals surface area (Å²) in [6.07, 6.45) is -5.25. The number of piperazine rings is 1. The van der Waals surface area contributed by atoms with Crippen molar-refractivity contribution in [2.75, 3.05) is 31.1 Å². The van der Waals surface area contributed by atoms with E-state index in [1.807, 2.05) is 11.8 Å². The van der Waals surface area contributed by atoms with Crippen molar-refractivity contribution in [3.05, 3.63) is 33.9 Å². The molecule has 1 aliphatic rings. The normalized spacial score (nSPS) is 20.9. The molecule has 0 aliphatic carbocycles. The maximum absolute atomic E-state index is 13.1. The first-order valence-electron chi connectivity index (χ1n) is 7.62. The van der Waals surface area contributed by atoms with Crippen molar-refractivity contribution in [2.24, 2.45) is 0 Å². The Labute approximate surface area is 137 Å². The molecule has 0 bridgehead atoms. The minimum atomic E-state index is -4.78. The quantitative estimate of drug-likeness (QED) is 0.669. The van der Waals surface area contributed by atoms with Crippen LogP contribution in [0.4, 0.5) is 24.5 Å². The molecule has 1 heterocycles. The molecule has 6 nitrogen and oxygen atoms in total. The molecule has 134 valence electrons. The third-order valence-corrected chi connectivity index (χ3v) is 4.05. The monoisotopic (exact) mass is 347 g/mol. The molecule has 0 amide bonds. The number of nitro groups is 1. The Morgan fingerprint density at radius 1 is 1.42 bits per heavy atom. The van der Waals surface area contributed by atoms with Crippen molar-refractivity contribution in [1.82, 2.24) is 4.90 Å². The van der Waals surface area contributed by atoms with Gasteiger partial charge in [-0.3, -0.25) is 15.0 Å². The van der Waals surface area contributed by atoms with E-state index in [1.54, 1.807) is 11.8 Å². The highest BCUT2D eigenvalue weighted by Crippen LogP contribution is 2.38. The van der Waals surface area contributed by atoms with Crippen molar-refractivity contribution in [3.8, 4) is 0 Å². The number of nitro benzene ring substituents is 1. The van der Waals surface area contributed by atoms with Gasteiger partial charge in [-0.2, -0.15) is 13.2 Å². The number of alkyl halides is 3. The second kappa shape index (κ2) is 6.94. The molecule has 1 saturated heterocycles. The zero-order valence-electron chi connectivity index (χ0n) is 13.5. The molecule has 1 aromatic carbocycles. The van der Waals surface area contributed by atoms with Gasteiger partial charge in [0.15, 0.2) is 0 Å². The molecule has 1 fully saturated rings. The molecule has 1 aliphatic heterocycles. The van der Waals surface area contributed by atoms with Crippen LogP contribution >= 0.6 is 0 Å². The topological polar surface area (TPSA) is 69.8 Å². The molecular formula is C15H20F3N3O3. The average Bonchev–Trinajstić information content (AvgIpc) is 2.45. The minimum Gasteiger partial charge on any atom is -0.392 e. The molecule has 24 heavy (non-hydrogen) atoms. The molecule has 1 aromatic rings. The lowest BCUT2D eigenvalue weighted by molar-refractivity contribution is -0.388. The van der Waals surface area contributed by atoms with Gasteiger partial charge in [-0.1, -0.05) is 0 Å². The van der Waals surface area contributed by atoms with Crippen molar-refractivity contribution in [1.29, 1.82) is 0 Å². The summed E-state index contributed by atoms with van der Waals surface area (Å²) in [5, 5.41) is 20.3.